The van der Waals surface area contributed by atoms with E-state index in [1.54, 1.807) is 6.07 Å². The van der Waals surface area contributed by atoms with Gasteiger partial charge in [-0.15, -0.1) is 0 Å². The summed E-state index contributed by atoms with van der Waals surface area (Å²) < 4.78 is 28.5. The first kappa shape index (κ1) is 16.7. The third-order valence-corrected chi connectivity index (χ3v) is 4.86. The molecule has 120 valence electrons. The molecule has 1 aromatic heterocycles. The molecule has 0 spiro atoms. The van der Waals surface area contributed by atoms with Crippen molar-refractivity contribution in [2.75, 3.05) is 6.54 Å². The highest BCUT2D eigenvalue weighted by molar-refractivity contribution is 7.88. The minimum atomic E-state index is -3.39. The van der Waals surface area contributed by atoms with E-state index in [0.717, 1.165) is 16.8 Å². The molecule has 1 heterocycles. The van der Waals surface area contributed by atoms with Crippen LogP contribution < -0.4 is 4.72 Å². The molecule has 22 heavy (non-hydrogen) atoms. The summed E-state index contributed by atoms with van der Waals surface area (Å²) in [5.74, 6) is -0.0467. The maximum absolute atomic E-state index is 12.0. The van der Waals surface area contributed by atoms with Crippen LogP contribution in [0.5, 0.6) is 0 Å². The number of hydrogen-bond donors (Lipinski definition) is 2. The van der Waals surface area contributed by atoms with Gasteiger partial charge in [0.15, 0.2) is 0 Å². The fourth-order valence-electron chi connectivity index (χ4n) is 2.39. The summed E-state index contributed by atoms with van der Waals surface area (Å²) >= 11 is 0. The zero-order valence-electron chi connectivity index (χ0n) is 12.9. The molecule has 0 fully saturated rings. The molecule has 2 aromatic rings. The molecule has 0 radical (unpaired) electrons. The van der Waals surface area contributed by atoms with Crippen LogP contribution in [-0.2, 0) is 22.8 Å². The number of hydrogen-bond acceptors (Lipinski definition) is 3. The van der Waals surface area contributed by atoms with E-state index in [1.807, 2.05) is 55.1 Å². The first-order chi connectivity index (χ1) is 10.4. The van der Waals surface area contributed by atoms with Crippen LogP contribution in [0.1, 0.15) is 29.3 Å². The number of rotatable bonds is 7. The Labute approximate surface area is 131 Å². The number of aromatic nitrogens is 1. The first-order valence-electron chi connectivity index (χ1n) is 7.19. The summed E-state index contributed by atoms with van der Waals surface area (Å²) in [7, 11) is -1.55. The third kappa shape index (κ3) is 4.69. The fraction of sp³-hybridized carbons (Fsp3) is 0.375. The maximum atomic E-state index is 12.0. The van der Waals surface area contributed by atoms with Crippen molar-refractivity contribution in [3.05, 3.63) is 59.4 Å². The topological polar surface area (TPSA) is 71.3 Å². The van der Waals surface area contributed by atoms with Gasteiger partial charge in [-0.1, -0.05) is 29.8 Å². The standard InChI is InChI=1S/C16H22N2O3S/c1-13-5-3-6-14(11-13)12-22(20,21)17-9-8-16(19)15-7-4-10-18(15)2/h3-7,10-11,16-17,19H,8-9,12H2,1-2H3. The molecule has 5 nitrogen and oxygen atoms in total. The molecular formula is C16H22N2O3S. The van der Waals surface area contributed by atoms with Gasteiger partial charge < -0.3 is 9.67 Å². The number of nitrogens with zero attached hydrogens (tertiary/aromatic N) is 1. The van der Waals surface area contributed by atoms with E-state index in [0.29, 0.717) is 6.42 Å². The third-order valence-electron chi connectivity index (χ3n) is 3.50. The molecule has 0 saturated heterocycles. The van der Waals surface area contributed by atoms with E-state index in [2.05, 4.69) is 4.72 Å². The second-order valence-electron chi connectivity index (χ2n) is 5.49. The molecule has 0 amide bonds. The van der Waals surface area contributed by atoms with Gasteiger partial charge in [-0.2, -0.15) is 0 Å². The molecule has 0 saturated carbocycles. The lowest BCUT2D eigenvalue weighted by molar-refractivity contribution is 0.161. The lowest BCUT2D eigenvalue weighted by atomic mass is 10.2. The van der Waals surface area contributed by atoms with Gasteiger partial charge in [0.1, 0.15) is 0 Å². The van der Waals surface area contributed by atoms with E-state index in [-0.39, 0.29) is 12.3 Å². The Bertz CT molecular complexity index is 722. The second kappa shape index (κ2) is 7.09. The van der Waals surface area contributed by atoms with Crippen LogP contribution in [0.15, 0.2) is 42.6 Å². The van der Waals surface area contributed by atoms with Gasteiger partial charge in [-0.05, 0) is 31.0 Å². The summed E-state index contributed by atoms with van der Waals surface area (Å²) in [6.45, 7) is 2.14. The predicted octanol–water partition coefficient (Wildman–Crippen LogP) is 1.88. The predicted molar refractivity (Wildman–Crippen MR) is 86.8 cm³/mol. The zero-order valence-corrected chi connectivity index (χ0v) is 13.7. The van der Waals surface area contributed by atoms with Gasteiger partial charge in [-0.25, -0.2) is 13.1 Å². The van der Waals surface area contributed by atoms with Crippen LogP contribution in [-0.4, -0.2) is 24.6 Å². The van der Waals surface area contributed by atoms with Crippen molar-refractivity contribution in [2.24, 2.45) is 7.05 Å². The van der Waals surface area contributed by atoms with Crippen LogP contribution in [0.2, 0.25) is 0 Å². The zero-order chi connectivity index (χ0) is 16.2. The van der Waals surface area contributed by atoms with E-state index >= 15 is 0 Å². The van der Waals surface area contributed by atoms with Crippen molar-refractivity contribution in [3.8, 4) is 0 Å². The van der Waals surface area contributed by atoms with Crippen molar-refractivity contribution in [2.45, 2.75) is 25.2 Å². The van der Waals surface area contributed by atoms with Gasteiger partial charge in [0.2, 0.25) is 10.0 Å². The average Bonchev–Trinajstić information content (AvgIpc) is 2.84. The molecule has 2 N–H and O–H groups in total. The smallest absolute Gasteiger partial charge is 0.215 e. The van der Waals surface area contributed by atoms with E-state index in [4.69, 9.17) is 0 Å². The number of nitrogens with one attached hydrogen (secondary N) is 1. The summed E-state index contributed by atoms with van der Waals surface area (Å²) in [5.41, 5.74) is 2.57. The molecule has 0 aliphatic carbocycles. The largest absolute Gasteiger partial charge is 0.387 e. The Kier molecular flexibility index (Phi) is 5.39. The number of aliphatic hydroxyl groups excluding tert-OH is 1. The quantitative estimate of drug-likeness (QED) is 0.817. The second-order valence-corrected chi connectivity index (χ2v) is 7.30. The molecule has 6 heteroatoms. The Morgan fingerprint density at radius 1 is 1.27 bits per heavy atom. The average molecular weight is 322 g/mol. The van der Waals surface area contributed by atoms with Crippen molar-refractivity contribution < 1.29 is 13.5 Å². The molecule has 0 aliphatic heterocycles. The van der Waals surface area contributed by atoms with Crippen molar-refractivity contribution in [1.29, 1.82) is 0 Å². The minimum absolute atomic E-state index is 0.0467. The Balaban J connectivity index is 1.86. The van der Waals surface area contributed by atoms with E-state index in [1.165, 1.54) is 0 Å². The maximum Gasteiger partial charge on any atom is 0.215 e. The molecule has 1 atom stereocenters. The highest BCUT2D eigenvalue weighted by atomic mass is 32.2. The summed E-state index contributed by atoms with van der Waals surface area (Å²) in [6.07, 6.45) is 1.51. The van der Waals surface area contributed by atoms with Gasteiger partial charge in [0.25, 0.3) is 0 Å². The van der Waals surface area contributed by atoms with Crippen LogP contribution in [0, 0.1) is 6.92 Å². The highest BCUT2D eigenvalue weighted by Gasteiger charge is 2.14. The van der Waals surface area contributed by atoms with Crippen LogP contribution in [0.25, 0.3) is 0 Å². The van der Waals surface area contributed by atoms with Gasteiger partial charge >= 0.3 is 0 Å². The van der Waals surface area contributed by atoms with Gasteiger partial charge in [0.05, 0.1) is 11.9 Å². The number of aliphatic hydroxyl groups is 1. The SMILES string of the molecule is Cc1cccc(CS(=O)(=O)NCCC(O)c2cccn2C)c1. The highest BCUT2D eigenvalue weighted by Crippen LogP contribution is 2.16. The molecule has 2 rings (SSSR count). The molecule has 1 aromatic carbocycles. The Morgan fingerprint density at radius 2 is 2.05 bits per heavy atom. The van der Waals surface area contributed by atoms with Crippen molar-refractivity contribution >= 4 is 10.0 Å². The van der Waals surface area contributed by atoms with Gasteiger partial charge in [0, 0.05) is 25.5 Å². The van der Waals surface area contributed by atoms with Gasteiger partial charge in [-0.3, -0.25) is 0 Å². The Morgan fingerprint density at radius 3 is 2.68 bits per heavy atom. The summed E-state index contributed by atoms with van der Waals surface area (Å²) in [6, 6.07) is 11.1. The molecule has 0 aliphatic rings. The molecular weight excluding hydrogens is 300 g/mol. The Hall–Kier alpha value is -1.63. The minimum Gasteiger partial charge on any atom is -0.387 e. The number of benzene rings is 1. The van der Waals surface area contributed by atoms with Crippen molar-refractivity contribution in [3.63, 3.8) is 0 Å². The monoisotopic (exact) mass is 322 g/mol. The summed E-state index contributed by atoms with van der Waals surface area (Å²) in [4.78, 5) is 0. The summed E-state index contributed by atoms with van der Waals surface area (Å²) in [5, 5.41) is 10.1. The molecule has 1 unspecified atom stereocenters. The fourth-order valence-corrected chi connectivity index (χ4v) is 3.54. The number of aryl methyl sites for hydroxylation is 2. The lowest BCUT2D eigenvalue weighted by Crippen LogP contribution is -2.27. The number of sulfonamides is 1. The first-order valence-corrected chi connectivity index (χ1v) is 8.85. The van der Waals surface area contributed by atoms with Crippen molar-refractivity contribution in [1.82, 2.24) is 9.29 Å². The lowest BCUT2D eigenvalue weighted by Gasteiger charge is -2.13. The normalized spacial score (nSPS) is 13.2. The van der Waals surface area contributed by atoms with Crippen LogP contribution >= 0.6 is 0 Å². The van der Waals surface area contributed by atoms with E-state index in [9.17, 15) is 13.5 Å². The molecule has 0 bridgehead atoms. The van der Waals surface area contributed by atoms with Crippen LogP contribution in [0.3, 0.4) is 0 Å². The van der Waals surface area contributed by atoms with E-state index < -0.39 is 16.1 Å². The van der Waals surface area contributed by atoms with Crippen LogP contribution in [0.4, 0.5) is 0 Å².